The second kappa shape index (κ2) is 5.69. The standard InChI is InChI=1S/C16H21BO3S/c1-10-14-15(17)20-16(10,11(2)21-14)8-13(18)19-9-12-6-4-3-5-7-12/h3-7,10-11,14-15H,8-9,17H2,1-2H3/t10?,11-,14-,15+,16+/m0/s1. The summed E-state index contributed by atoms with van der Waals surface area (Å²) >= 11 is 1.95. The predicted molar refractivity (Wildman–Crippen MR) is 87.0 cm³/mol. The lowest BCUT2D eigenvalue weighted by Gasteiger charge is -2.35. The zero-order valence-electron chi connectivity index (χ0n) is 12.7. The predicted octanol–water partition coefficient (Wildman–Crippen LogP) is 1.99. The number of thioether (sulfide) groups is 1. The Kier molecular flexibility index (Phi) is 4.06. The van der Waals surface area contributed by atoms with Crippen molar-refractivity contribution < 1.29 is 14.3 Å². The molecule has 2 saturated heterocycles. The van der Waals surface area contributed by atoms with Gasteiger partial charge >= 0.3 is 5.97 Å². The fourth-order valence-electron chi connectivity index (χ4n) is 3.61. The summed E-state index contributed by atoms with van der Waals surface area (Å²) in [4.78, 5) is 12.2. The molecule has 3 rings (SSSR count). The van der Waals surface area contributed by atoms with E-state index in [4.69, 9.17) is 9.47 Å². The van der Waals surface area contributed by atoms with Crippen LogP contribution in [-0.4, -0.2) is 35.9 Å². The SMILES string of the molecule is B[C@@H]1O[C@]2(CC(=O)OCc3ccccc3)C(C)[C@@H]1S[C@H]2C. The zero-order valence-corrected chi connectivity index (χ0v) is 13.6. The molecule has 0 saturated carbocycles. The van der Waals surface area contributed by atoms with Crippen LogP contribution in [0.5, 0.6) is 0 Å². The monoisotopic (exact) mass is 304 g/mol. The second-order valence-corrected chi connectivity index (χ2v) is 7.66. The molecule has 1 aromatic carbocycles. The Labute approximate surface area is 131 Å². The van der Waals surface area contributed by atoms with Crippen LogP contribution in [0, 0.1) is 5.92 Å². The lowest BCUT2D eigenvalue weighted by atomic mass is 9.82. The van der Waals surface area contributed by atoms with E-state index in [1.54, 1.807) is 0 Å². The Balaban J connectivity index is 1.62. The van der Waals surface area contributed by atoms with E-state index in [-0.39, 0.29) is 17.6 Å². The first kappa shape index (κ1) is 15.0. The van der Waals surface area contributed by atoms with Crippen molar-refractivity contribution in [1.29, 1.82) is 0 Å². The van der Waals surface area contributed by atoms with E-state index in [9.17, 15) is 4.79 Å². The average molecular weight is 304 g/mol. The number of carbonyl (C=O) groups is 1. The minimum Gasteiger partial charge on any atom is -0.461 e. The number of fused-ring (bicyclic) bond motifs is 2. The summed E-state index contributed by atoms with van der Waals surface area (Å²) < 4.78 is 11.6. The topological polar surface area (TPSA) is 35.5 Å². The number of ether oxygens (including phenoxy) is 2. The van der Waals surface area contributed by atoms with Crippen molar-refractivity contribution in [2.45, 2.75) is 49.0 Å². The van der Waals surface area contributed by atoms with Gasteiger partial charge in [-0.3, -0.25) is 4.79 Å². The fraction of sp³-hybridized carbons (Fsp3) is 0.562. The third-order valence-corrected chi connectivity index (χ3v) is 6.76. The molecule has 2 fully saturated rings. The molecule has 5 atom stereocenters. The van der Waals surface area contributed by atoms with Crippen LogP contribution < -0.4 is 0 Å². The maximum Gasteiger partial charge on any atom is 0.309 e. The van der Waals surface area contributed by atoms with Crippen LogP contribution in [0.25, 0.3) is 0 Å². The van der Waals surface area contributed by atoms with Crippen molar-refractivity contribution in [3.05, 3.63) is 35.9 Å². The highest BCUT2D eigenvalue weighted by molar-refractivity contribution is 8.01. The Bertz CT molecular complexity index is 524. The molecule has 5 heteroatoms. The van der Waals surface area contributed by atoms with Gasteiger partial charge in [-0.25, -0.2) is 0 Å². The smallest absolute Gasteiger partial charge is 0.309 e. The number of rotatable bonds is 4. The summed E-state index contributed by atoms with van der Waals surface area (Å²) in [5.74, 6) is 0.240. The number of esters is 1. The van der Waals surface area contributed by atoms with Gasteiger partial charge in [0.15, 0.2) is 0 Å². The molecular weight excluding hydrogens is 283 g/mol. The molecule has 0 aromatic heterocycles. The molecular formula is C16H21BO3S. The van der Waals surface area contributed by atoms with E-state index in [1.807, 2.05) is 42.1 Å². The molecule has 0 radical (unpaired) electrons. The molecule has 1 aromatic rings. The minimum absolute atomic E-state index is 0.159. The van der Waals surface area contributed by atoms with Crippen LogP contribution in [0.4, 0.5) is 0 Å². The Hall–Kier alpha value is -0.935. The van der Waals surface area contributed by atoms with Crippen LogP contribution in [-0.2, 0) is 20.9 Å². The van der Waals surface area contributed by atoms with Crippen LogP contribution in [0.1, 0.15) is 25.8 Å². The van der Waals surface area contributed by atoms with Crippen molar-refractivity contribution in [3.63, 3.8) is 0 Å². The summed E-state index contributed by atoms with van der Waals surface area (Å²) in [6.07, 6.45) is 0.357. The van der Waals surface area contributed by atoms with Crippen molar-refractivity contribution in [3.8, 4) is 0 Å². The maximum atomic E-state index is 12.2. The van der Waals surface area contributed by atoms with E-state index in [0.717, 1.165) is 5.56 Å². The molecule has 2 heterocycles. The summed E-state index contributed by atoms with van der Waals surface area (Å²) in [7, 11) is 2.11. The molecule has 0 N–H and O–H groups in total. The number of carbonyl (C=O) groups excluding carboxylic acids is 1. The zero-order chi connectivity index (χ0) is 15.0. The third-order valence-electron chi connectivity index (χ3n) is 4.84. The van der Waals surface area contributed by atoms with Gasteiger partial charge in [-0.1, -0.05) is 44.2 Å². The third kappa shape index (κ3) is 2.62. The van der Waals surface area contributed by atoms with E-state index < -0.39 is 0 Å². The summed E-state index contributed by atoms with van der Waals surface area (Å²) in [5.41, 5.74) is 0.673. The van der Waals surface area contributed by atoms with Crippen LogP contribution in [0.2, 0.25) is 0 Å². The molecule has 0 spiro atoms. The molecule has 3 nitrogen and oxygen atoms in total. The lowest BCUT2D eigenvalue weighted by molar-refractivity contribution is -0.153. The van der Waals surface area contributed by atoms with Crippen LogP contribution >= 0.6 is 11.8 Å². The van der Waals surface area contributed by atoms with Gasteiger partial charge in [0.2, 0.25) is 0 Å². The molecule has 112 valence electrons. The highest BCUT2D eigenvalue weighted by Gasteiger charge is 2.61. The second-order valence-electron chi connectivity index (χ2n) is 6.13. The first-order valence-corrected chi connectivity index (χ1v) is 8.50. The van der Waals surface area contributed by atoms with Crippen molar-refractivity contribution in [2.24, 2.45) is 5.92 Å². The van der Waals surface area contributed by atoms with Gasteiger partial charge in [0, 0.05) is 22.4 Å². The van der Waals surface area contributed by atoms with Gasteiger partial charge < -0.3 is 9.47 Å². The van der Waals surface area contributed by atoms with Crippen molar-refractivity contribution in [2.75, 3.05) is 0 Å². The first-order chi connectivity index (χ1) is 10.0. The molecule has 2 bridgehead atoms. The molecule has 0 aliphatic carbocycles. The van der Waals surface area contributed by atoms with Gasteiger partial charge in [-0.15, -0.1) is 0 Å². The maximum absolute atomic E-state index is 12.2. The summed E-state index contributed by atoms with van der Waals surface area (Å²) in [5, 5.41) is 0.847. The van der Waals surface area contributed by atoms with E-state index in [0.29, 0.717) is 29.4 Å². The molecule has 21 heavy (non-hydrogen) atoms. The van der Waals surface area contributed by atoms with Crippen LogP contribution in [0.3, 0.4) is 0 Å². The van der Waals surface area contributed by atoms with Crippen molar-refractivity contribution in [1.82, 2.24) is 0 Å². The molecule has 0 amide bonds. The van der Waals surface area contributed by atoms with E-state index >= 15 is 0 Å². The number of hydrogen-bond donors (Lipinski definition) is 0. The molecule has 1 unspecified atom stereocenters. The lowest BCUT2D eigenvalue weighted by Crippen LogP contribution is -2.44. The minimum atomic E-state index is -0.345. The Morgan fingerprint density at radius 3 is 2.71 bits per heavy atom. The van der Waals surface area contributed by atoms with E-state index in [2.05, 4.69) is 21.7 Å². The molecule has 2 aliphatic heterocycles. The fourth-order valence-corrected chi connectivity index (χ4v) is 5.41. The normalized spacial score (nSPS) is 37.6. The van der Waals surface area contributed by atoms with Gasteiger partial charge in [0.25, 0.3) is 0 Å². The first-order valence-electron chi connectivity index (χ1n) is 7.56. The van der Waals surface area contributed by atoms with Gasteiger partial charge in [-0.05, 0) is 5.56 Å². The van der Waals surface area contributed by atoms with Gasteiger partial charge in [0.1, 0.15) is 14.5 Å². The van der Waals surface area contributed by atoms with Gasteiger partial charge in [0.05, 0.1) is 12.0 Å². The summed E-state index contributed by atoms with van der Waals surface area (Å²) in [6, 6.07) is 10.0. The quantitative estimate of drug-likeness (QED) is 0.629. The Morgan fingerprint density at radius 2 is 2.10 bits per heavy atom. The number of hydrogen-bond acceptors (Lipinski definition) is 4. The number of benzene rings is 1. The largest absolute Gasteiger partial charge is 0.461 e. The van der Waals surface area contributed by atoms with Crippen LogP contribution in [0.15, 0.2) is 30.3 Å². The highest BCUT2D eigenvalue weighted by Crippen LogP contribution is 2.56. The molecule has 2 aliphatic rings. The van der Waals surface area contributed by atoms with E-state index in [1.165, 1.54) is 0 Å². The Morgan fingerprint density at radius 1 is 1.38 bits per heavy atom. The highest BCUT2D eigenvalue weighted by atomic mass is 32.2. The van der Waals surface area contributed by atoms with Crippen molar-refractivity contribution >= 4 is 25.6 Å². The van der Waals surface area contributed by atoms with Gasteiger partial charge in [-0.2, -0.15) is 11.8 Å². The summed E-state index contributed by atoms with van der Waals surface area (Å²) in [6.45, 7) is 4.71. The average Bonchev–Trinajstić information content (AvgIpc) is 2.84.